The van der Waals surface area contributed by atoms with Crippen LogP contribution < -0.4 is 0 Å². The summed E-state index contributed by atoms with van der Waals surface area (Å²) in [6, 6.07) is 5.63. The van der Waals surface area contributed by atoms with Gasteiger partial charge in [-0.3, -0.25) is 9.58 Å². The van der Waals surface area contributed by atoms with Gasteiger partial charge in [0.2, 0.25) is 0 Å². The molecule has 8 nitrogen and oxygen atoms in total. The van der Waals surface area contributed by atoms with Crippen LogP contribution in [0.3, 0.4) is 0 Å². The lowest BCUT2D eigenvalue weighted by molar-refractivity contribution is 0.181. The quantitative estimate of drug-likeness (QED) is 0.712. The Hall–Kier alpha value is -2.42. The van der Waals surface area contributed by atoms with Gasteiger partial charge in [0.1, 0.15) is 24.0 Å². The topological polar surface area (TPSA) is 92.5 Å². The molecule has 8 heteroatoms. The predicted octanol–water partition coefficient (Wildman–Crippen LogP) is 0.799. The molecule has 4 rings (SSSR count). The normalized spacial score (nSPS) is 16.1. The fourth-order valence-electron chi connectivity index (χ4n) is 3.20. The summed E-state index contributed by atoms with van der Waals surface area (Å²) in [5.41, 5.74) is 1.68. The van der Waals surface area contributed by atoms with Crippen LogP contribution in [0.4, 0.5) is 0 Å². The minimum Gasteiger partial charge on any atom is -0.462 e. The Bertz CT molecular complexity index is 865. The predicted molar refractivity (Wildman–Crippen MR) is 88.2 cm³/mol. The molecule has 1 aliphatic rings. The van der Waals surface area contributed by atoms with Crippen LogP contribution in [-0.2, 0) is 33.3 Å². The van der Waals surface area contributed by atoms with Gasteiger partial charge in [-0.25, -0.2) is 4.98 Å². The maximum atomic E-state index is 10.5. The van der Waals surface area contributed by atoms with Crippen LogP contribution >= 0.6 is 0 Å². The summed E-state index contributed by atoms with van der Waals surface area (Å²) in [5.74, 6) is 2.00. The molecule has 0 aliphatic carbocycles. The van der Waals surface area contributed by atoms with Gasteiger partial charge in [0.15, 0.2) is 6.10 Å². The molecule has 0 amide bonds. The Morgan fingerprint density at radius 1 is 1.28 bits per heavy atom. The zero-order valence-electron chi connectivity index (χ0n) is 14.0. The highest BCUT2D eigenvalue weighted by atomic mass is 16.4. The van der Waals surface area contributed by atoms with E-state index in [4.69, 9.17) is 9.52 Å². The standard InChI is InChI=1S/C17H21N5O3/c1-20-5-4-18-17(20)16(24)15-8-12-9-21(6-7-22(12)19-15)10-13-2-3-14(11-23)25-13/h2-5,8,16,23-24H,6-7,9-11H2,1H3/t16-/m0/s1. The molecule has 0 aromatic carbocycles. The maximum Gasteiger partial charge on any atom is 0.155 e. The first-order valence-electron chi connectivity index (χ1n) is 8.27. The molecular formula is C17H21N5O3. The molecule has 0 saturated carbocycles. The van der Waals surface area contributed by atoms with Crippen molar-refractivity contribution in [2.45, 2.75) is 32.3 Å². The Morgan fingerprint density at radius 3 is 2.84 bits per heavy atom. The molecule has 0 bridgehead atoms. The Morgan fingerprint density at radius 2 is 2.12 bits per heavy atom. The molecule has 132 valence electrons. The number of aryl methyl sites for hydroxylation is 1. The largest absolute Gasteiger partial charge is 0.462 e. The molecule has 0 spiro atoms. The Labute approximate surface area is 144 Å². The van der Waals surface area contributed by atoms with Gasteiger partial charge in [-0.15, -0.1) is 0 Å². The lowest BCUT2D eigenvalue weighted by atomic mass is 10.2. The van der Waals surface area contributed by atoms with Crippen LogP contribution in [0.5, 0.6) is 0 Å². The van der Waals surface area contributed by atoms with Crippen molar-refractivity contribution in [1.82, 2.24) is 24.2 Å². The van der Waals surface area contributed by atoms with E-state index in [1.807, 2.05) is 23.9 Å². The molecule has 4 heterocycles. The molecular weight excluding hydrogens is 322 g/mol. The van der Waals surface area contributed by atoms with Gasteiger partial charge in [0.05, 0.1) is 24.5 Å². The second-order valence-corrected chi connectivity index (χ2v) is 6.32. The van der Waals surface area contributed by atoms with E-state index in [-0.39, 0.29) is 6.61 Å². The van der Waals surface area contributed by atoms with E-state index in [2.05, 4.69) is 15.0 Å². The van der Waals surface area contributed by atoms with Crippen molar-refractivity contribution in [3.63, 3.8) is 0 Å². The average molecular weight is 343 g/mol. The van der Waals surface area contributed by atoms with Gasteiger partial charge in [0, 0.05) is 32.5 Å². The van der Waals surface area contributed by atoms with E-state index in [0.717, 1.165) is 31.1 Å². The van der Waals surface area contributed by atoms with Crippen LogP contribution in [0.25, 0.3) is 0 Å². The molecule has 3 aromatic rings. The minimum atomic E-state index is -0.830. The number of aliphatic hydroxyl groups is 2. The molecule has 0 saturated heterocycles. The number of nitrogens with zero attached hydrogens (tertiary/aromatic N) is 5. The van der Waals surface area contributed by atoms with Crippen molar-refractivity contribution in [2.24, 2.45) is 7.05 Å². The van der Waals surface area contributed by atoms with E-state index in [1.54, 1.807) is 23.0 Å². The van der Waals surface area contributed by atoms with E-state index >= 15 is 0 Å². The highest BCUT2D eigenvalue weighted by Gasteiger charge is 2.24. The fraction of sp³-hybridized carbons (Fsp3) is 0.412. The first kappa shape index (κ1) is 16.1. The molecule has 25 heavy (non-hydrogen) atoms. The van der Waals surface area contributed by atoms with Crippen LogP contribution in [0.1, 0.15) is 34.8 Å². The van der Waals surface area contributed by atoms with Crippen molar-refractivity contribution in [3.05, 3.63) is 59.3 Å². The second kappa shape index (κ2) is 6.47. The number of hydrogen-bond acceptors (Lipinski definition) is 6. The zero-order chi connectivity index (χ0) is 17.4. The van der Waals surface area contributed by atoms with E-state index in [9.17, 15) is 5.11 Å². The summed E-state index contributed by atoms with van der Waals surface area (Å²) in [6.07, 6.45) is 2.64. The van der Waals surface area contributed by atoms with Crippen LogP contribution in [0, 0.1) is 0 Å². The van der Waals surface area contributed by atoms with Gasteiger partial charge < -0.3 is 19.2 Å². The Balaban J connectivity index is 1.48. The first-order chi connectivity index (χ1) is 12.1. The van der Waals surface area contributed by atoms with E-state index in [1.165, 1.54) is 0 Å². The van der Waals surface area contributed by atoms with Gasteiger partial charge in [-0.2, -0.15) is 5.10 Å². The summed E-state index contributed by atoms with van der Waals surface area (Å²) in [5, 5.41) is 24.2. The summed E-state index contributed by atoms with van der Waals surface area (Å²) in [6.45, 7) is 2.94. The lowest BCUT2D eigenvalue weighted by Gasteiger charge is -2.26. The number of aliphatic hydroxyl groups excluding tert-OH is 2. The number of aromatic nitrogens is 4. The second-order valence-electron chi connectivity index (χ2n) is 6.32. The highest BCUT2D eigenvalue weighted by Crippen LogP contribution is 2.23. The molecule has 1 atom stereocenters. The molecule has 0 unspecified atom stereocenters. The zero-order valence-corrected chi connectivity index (χ0v) is 14.0. The summed E-state index contributed by atoms with van der Waals surface area (Å²) in [4.78, 5) is 6.46. The van der Waals surface area contributed by atoms with Crippen molar-refractivity contribution < 1.29 is 14.6 Å². The smallest absolute Gasteiger partial charge is 0.155 e. The average Bonchev–Trinajstić information content (AvgIpc) is 3.33. The van der Waals surface area contributed by atoms with Crippen LogP contribution in [0.2, 0.25) is 0 Å². The van der Waals surface area contributed by atoms with Gasteiger partial charge >= 0.3 is 0 Å². The molecule has 3 aromatic heterocycles. The summed E-state index contributed by atoms with van der Waals surface area (Å²) >= 11 is 0. The fourth-order valence-corrected chi connectivity index (χ4v) is 3.20. The maximum absolute atomic E-state index is 10.5. The number of fused-ring (bicyclic) bond motifs is 1. The molecule has 0 radical (unpaired) electrons. The summed E-state index contributed by atoms with van der Waals surface area (Å²) < 4.78 is 9.30. The number of furan rings is 1. The first-order valence-corrected chi connectivity index (χ1v) is 8.27. The van der Waals surface area contributed by atoms with Crippen molar-refractivity contribution >= 4 is 0 Å². The number of rotatable bonds is 5. The molecule has 2 N–H and O–H groups in total. The third-order valence-corrected chi connectivity index (χ3v) is 4.53. The summed E-state index contributed by atoms with van der Waals surface area (Å²) in [7, 11) is 1.85. The van der Waals surface area contributed by atoms with Gasteiger partial charge in [0.25, 0.3) is 0 Å². The van der Waals surface area contributed by atoms with E-state index < -0.39 is 6.10 Å². The molecule has 1 aliphatic heterocycles. The number of imidazole rings is 1. The van der Waals surface area contributed by atoms with Gasteiger partial charge in [-0.05, 0) is 18.2 Å². The van der Waals surface area contributed by atoms with E-state index in [0.29, 0.717) is 23.8 Å². The monoisotopic (exact) mass is 343 g/mol. The highest BCUT2D eigenvalue weighted by molar-refractivity contribution is 5.20. The Kier molecular flexibility index (Phi) is 4.16. The van der Waals surface area contributed by atoms with Gasteiger partial charge in [-0.1, -0.05) is 0 Å². The van der Waals surface area contributed by atoms with Crippen LogP contribution in [-0.4, -0.2) is 41.0 Å². The van der Waals surface area contributed by atoms with Crippen molar-refractivity contribution in [3.8, 4) is 0 Å². The third kappa shape index (κ3) is 3.11. The lowest BCUT2D eigenvalue weighted by Crippen LogP contribution is -2.33. The van der Waals surface area contributed by atoms with Crippen LogP contribution in [0.15, 0.2) is 35.0 Å². The van der Waals surface area contributed by atoms with Crippen molar-refractivity contribution in [2.75, 3.05) is 6.54 Å². The van der Waals surface area contributed by atoms with Crippen molar-refractivity contribution in [1.29, 1.82) is 0 Å². The minimum absolute atomic E-state index is 0.0821. The molecule has 0 fully saturated rings. The number of hydrogen-bond donors (Lipinski definition) is 2. The SMILES string of the molecule is Cn1ccnc1[C@@H](O)c1cc2n(n1)CCN(Cc1ccc(CO)o1)C2. The third-order valence-electron chi connectivity index (χ3n) is 4.53.